The van der Waals surface area contributed by atoms with E-state index in [1.54, 1.807) is 43.5 Å². The molecular formula is C17H17ClN2O4. The molecule has 0 saturated carbocycles. The van der Waals surface area contributed by atoms with Gasteiger partial charge in [0.2, 0.25) is 5.91 Å². The molecule has 0 unspecified atom stereocenters. The van der Waals surface area contributed by atoms with Gasteiger partial charge in [0.25, 0.3) is 5.91 Å². The highest BCUT2D eigenvalue weighted by Gasteiger charge is 2.07. The smallest absolute Gasteiger partial charge is 0.287 e. The van der Waals surface area contributed by atoms with Crippen molar-refractivity contribution in [2.75, 3.05) is 20.2 Å². The molecule has 0 radical (unpaired) electrons. The summed E-state index contributed by atoms with van der Waals surface area (Å²) in [4.78, 5) is 23.4. The van der Waals surface area contributed by atoms with Gasteiger partial charge in [-0.2, -0.15) is 0 Å². The van der Waals surface area contributed by atoms with E-state index in [-0.39, 0.29) is 17.6 Å². The van der Waals surface area contributed by atoms with Gasteiger partial charge in [-0.3, -0.25) is 9.59 Å². The van der Waals surface area contributed by atoms with Gasteiger partial charge in [0.1, 0.15) is 5.75 Å². The van der Waals surface area contributed by atoms with Gasteiger partial charge in [0.05, 0.1) is 13.4 Å². The predicted molar refractivity (Wildman–Crippen MR) is 91.1 cm³/mol. The highest BCUT2D eigenvalue weighted by atomic mass is 35.5. The van der Waals surface area contributed by atoms with Crippen molar-refractivity contribution in [3.63, 3.8) is 0 Å². The molecule has 1 aromatic carbocycles. The third kappa shape index (κ3) is 5.17. The van der Waals surface area contributed by atoms with Crippen molar-refractivity contribution >= 4 is 29.5 Å². The zero-order valence-corrected chi connectivity index (χ0v) is 13.8. The van der Waals surface area contributed by atoms with Gasteiger partial charge in [0.15, 0.2) is 5.76 Å². The van der Waals surface area contributed by atoms with Crippen LogP contribution in [0.2, 0.25) is 5.02 Å². The lowest BCUT2D eigenvalue weighted by Crippen LogP contribution is -2.33. The number of ether oxygens (including phenoxy) is 1. The van der Waals surface area contributed by atoms with E-state index in [2.05, 4.69) is 10.6 Å². The Morgan fingerprint density at radius 3 is 2.75 bits per heavy atom. The molecule has 24 heavy (non-hydrogen) atoms. The first kappa shape index (κ1) is 17.6. The van der Waals surface area contributed by atoms with Crippen molar-refractivity contribution in [2.45, 2.75) is 0 Å². The van der Waals surface area contributed by atoms with Gasteiger partial charge in [-0.15, -0.1) is 0 Å². The second kappa shape index (κ2) is 8.79. The van der Waals surface area contributed by atoms with Crippen molar-refractivity contribution in [2.24, 2.45) is 0 Å². The molecule has 0 atom stereocenters. The van der Waals surface area contributed by atoms with Crippen LogP contribution >= 0.6 is 11.6 Å². The number of benzene rings is 1. The molecule has 2 N–H and O–H groups in total. The Balaban J connectivity index is 1.77. The van der Waals surface area contributed by atoms with E-state index >= 15 is 0 Å². The second-order valence-corrected chi connectivity index (χ2v) is 5.18. The molecular weight excluding hydrogens is 332 g/mol. The maximum atomic E-state index is 11.8. The minimum Gasteiger partial charge on any atom is -0.496 e. The Labute approximate surface area is 144 Å². The first-order valence-electron chi connectivity index (χ1n) is 7.21. The SMILES string of the molecule is COc1ccc(Cl)cc1/C=C\C(=O)NCCNC(=O)c1ccco1. The summed E-state index contributed by atoms with van der Waals surface area (Å²) < 4.78 is 10.2. The van der Waals surface area contributed by atoms with Gasteiger partial charge in [-0.1, -0.05) is 11.6 Å². The first-order valence-corrected chi connectivity index (χ1v) is 7.59. The summed E-state index contributed by atoms with van der Waals surface area (Å²) >= 11 is 5.93. The van der Waals surface area contributed by atoms with Crippen molar-refractivity contribution in [3.05, 3.63) is 59.0 Å². The van der Waals surface area contributed by atoms with Crippen LogP contribution in [-0.2, 0) is 4.79 Å². The van der Waals surface area contributed by atoms with E-state index in [0.29, 0.717) is 29.4 Å². The number of halogens is 1. The van der Waals surface area contributed by atoms with Gasteiger partial charge in [-0.05, 0) is 36.4 Å². The predicted octanol–water partition coefficient (Wildman–Crippen LogP) is 2.50. The zero-order chi connectivity index (χ0) is 17.4. The van der Waals surface area contributed by atoms with Crippen LogP contribution in [0.25, 0.3) is 6.08 Å². The van der Waals surface area contributed by atoms with Crippen molar-refractivity contribution in [1.29, 1.82) is 0 Å². The molecule has 0 fully saturated rings. The summed E-state index contributed by atoms with van der Waals surface area (Å²) in [6.45, 7) is 0.585. The van der Waals surface area contributed by atoms with Crippen LogP contribution in [0.1, 0.15) is 16.1 Å². The molecule has 0 spiro atoms. The van der Waals surface area contributed by atoms with Crippen molar-refractivity contribution < 1.29 is 18.7 Å². The lowest BCUT2D eigenvalue weighted by Gasteiger charge is -2.05. The molecule has 0 aliphatic rings. The second-order valence-electron chi connectivity index (χ2n) is 4.74. The van der Waals surface area contributed by atoms with E-state index in [0.717, 1.165) is 0 Å². The Morgan fingerprint density at radius 1 is 1.25 bits per heavy atom. The van der Waals surface area contributed by atoms with Crippen LogP contribution in [0.4, 0.5) is 0 Å². The van der Waals surface area contributed by atoms with Crippen LogP contribution < -0.4 is 15.4 Å². The summed E-state index contributed by atoms with van der Waals surface area (Å²) in [6, 6.07) is 8.33. The van der Waals surface area contributed by atoms with Gasteiger partial charge < -0.3 is 19.8 Å². The Hall–Kier alpha value is -2.73. The van der Waals surface area contributed by atoms with Crippen molar-refractivity contribution in [1.82, 2.24) is 10.6 Å². The molecule has 2 rings (SSSR count). The Morgan fingerprint density at radius 2 is 2.04 bits per heavy atom. The van der Waals surface area contributed by atoms with E-state index in [9.17, 15) is 9.59 Å². The fourth-order valence-electron chi connectivity index (χ4n) is 1.92. The van der Waals surface area contributed by atoms with Gasteiger partial charge in [-0.25, -0.2) is 0 Å². The normalized spacial score (nSPS) is 10.6. The number of methoxy groups -OCH3 is 1. The third-order valence-electron chi connectivity index (χ3n) is 3.06. The number of nitrogens with one attached hydrogen (secondary N) is 2. The van der Waals surface area contributed by atoms with E-state index in [4.69, 9.17) is 20.8 Å². The fraction of sp³-hybridized carbons (Fsp3) is 0.176. The highest BCUT2D eigenvalue weighted by molar-refractivity contribution is 6.30. The zero-order valence-electron chi connectivity index (χ0n) is 13.0. The molecule has 0 aliphatic heterocycles. The number of carbonyl (C=O) groups excluding carboxylic acids is 2. The van der Waals surface area contributed by atoms with Crippen LogP contribution in [0, 0.1) is 0 Å². The average Bonchev–Trinajstić information content (AvgIpc) is 3.11. The van der Waals surface area contributed by atoms with E-state index in [1.165, 1.54) is 12.3 Å². The molecule has 1 aromatic heterocycles. The van der Waals surface area contributed by atoms with Crippen LogP contribution in [0.3, 0.4) is 0 Å². The number of carbonyl (C=O) groups is 2. The largest absolute Gasteiger partial charge is 0.496 e. The number of hydrogen-bond donors (Lipinski definition) is 2. The van der Waals surface area contributed by atoms with E-state index < -0.39 is 0 Å². The highest BCUT2D eigenvalue weighted by Crippen LogP contribution is 2.23. The summed E-state index contributed by atoms with van der Waals surface area (Å²) in [5, 5.41) is 5.84. The number of furan rings is 1. The van der Waals surface area contributed by atoms with E-state index in [1.807, 2.05) is 0 Å². The summed E-state index contributed by atoms with van der Waals surface area (Å²) in [7, 11) is 1.54. The molecule has 2 aromatic rings. The minimum atomic E-state index is -0.326. The first-order chi connectivity index (χ1) is 11.6. The minimum absolute atomic E-state index is 0.231. The lowest BCUT2D eigenvalue weighted by atomic mass is 10.2. The molecule has 126 valence electrons. The van der Waals surface area contributed by atoms with Gasteiger partial charge >= 0.3 is 0 Å². The maximum absolute atomic E-state index is 11.8. The quantitative estimate of drug-likeness (QED) is 0.595. The van der Waals surface area contributed by atoms with Crippen LogP contribution in [-0.4, -0.2) is 32.0 Å². The number of hydrogen-bond acceptors (Lipinski definition) is 4. The summed E-state index contributed by atoms with van der Waals surface area (Å²) in [5.74, 6) is 0.237. The summed E-state index contributed by atoms with van der Waals surface area (Å²) in [6.07, 6.45) is 4.41. The molecule has 7 heteroatoms. The van der Waals surface area contributed by atoms with Crippen LogP contribution in [0.15, 0.2) is 47.1 Å². The molecule has 1 heterocycles. The molecule has 6 nitrogen and oxygen atoms in total. The van der Waals surface area contributed by atoms with Crippen molar-refractivity contribution in [3.8, 4) is 5.75 Å². The van der Waals surface area contributed by atoms with Gasteiger partial charge in [0, 0.05) is 29.8 Å². The lowest BCUT2D eigenvalue weighted by molar-refractivity contribution is -0.116. The molecule has 0 saturated heterocycles. The third-order valence-corrected chi connectivity index (χ3v) is 3.30. The van der Waals surface area contributed by atoms with Crippen LogP contribution in [0.5, 0.6) is 5.75 Å². The average molecular weight is 349 g/mol. The fourth-order valence-corrected chi connectivity index (χ4v) is 2.10. The Bertz CT molecular complexity index is 726. The monoisotopic (exact) mass is 348 g/mol. The summed E-state index contributed by atoms with van der Waals surface area (Å²) in [5.41, 5.74) is 0.700. The topological polar surface area (TPSA) is 80.6 Å². The molecule has 2 amide bonds. The standard InChI is InChI=1S/C17H17ClN2O4/c1-23-14-6-5-13(18)11-12(14)4-7-16(21)19-8-9-20-17(22)15-3-2-10-24-15/h2-7,10-11H,8-9H2,1H3,(H,19,21)(H,20,22)/b7-4-. The molecule has 0 bridgehead atoms. The Kier molecular flexibility index (Phi) is 6.45. The molecule has 0 aliphatic carbocycles. The maximum Gasteiger partial charge on any atom is 0.287 e. The number of amides is 2. The number of rotatable bonds is 7.